The number of hydrogen-bond acceptors (Lipinski definition) is 2. The van der Waals surface area contributed by atoms with Crippen molar-refractivity contribution in [2.45, 2.75) is 44.9 Å². The molecule has 0 saturated heterocycles. The van der Waals surface area contributed by atoms with Crippen molar-refractivity contribution in [1.82, 2.24) is 0 Å². The van der Waals surface area contributed by atoms with Crippen molar-refractivity contribution in [2.24, 2.45) is 11.7 Å². The first kappa shape index (κ1) is 15.7. The van der Waals surface area contributed by atoms with Gasteiger partial charge in [-0.05, 0) is 43.4 Å². The topological polar surface area (TPSA) is 59.1 Å². The van der Waals surface area contributed by atoms with Gasteiger partial charge in [0.1, 0.15) is 17.7 Å². The second-order valence-electron chi connectivity index (χ2n) is 5.54. The Bertz CT molecular complexity index is 528. The van der Waals surface area contributed by atoms with E-state index in [9.17, 15) is 13.2 Å². The summed E-state index contributed by atoms with van der Waals surface area (Å²) in [6.07, 6.45) is -0.381. The normalized spacial score (nSPS) is 22.9. The molecule has 0 bridgehead atoms. The van der Waals surface area contributed by atoms with Crippen LogP contribution in [0.3, 0.4) is 0 Å². The lowest BCUT2D eigenvalue weighted by Gasteiger charge is -2.30. The van der Waals surface area contributed by atoms with Gasteiger partial charge < -0.3 is 10.5 Å². The Morgan fingerprint density at radius 2 is 1.95 bits per heavy atom. The molecule has 21 heavy (non-hydrogen) atoms. The first-order valence-electron chi connectivity index (χ1n) is 7.01. The standard InChI is InChI=1S/C15H19F3N2O/c1-9-4-2-3-5-12(9)21-13-7-6-10(15(16,17)18)8-11(13)14(19)20/h6-9,12H,2-5H2,1H3,(H3,19,20). The average molecular weight is 300 g/mol. The highest BCUT2D eigenvalue weighted by atomic mass is 19.4. The van der Waals surface area contributed by atoms with Crippen LogP contribution in [0.1, 0.15) is 43.7 Å². The van der Waals surface area contributed by atoms with E-state index in [1.165, 1.54) is 6.07 Å². The lowest BCUT2D eigenvalue weighted by atomic mass is 9.88. The van der Waals surface area contributed by atoms with E-state index in [1.807, 2.05) is 0 Å². The molecule has 1 fully saturated rings. The van der Waals surface area contributed by atoms with Gasteiger partial charge in [0, 0.05) is 0 Å². The molecule has 0 heterocycles. The Balaban J connectivity index is 2.28. The van der Waals surface area contributed by atoms with Crippen LogP contribution in [-0.4, -0.2) is 11.9 Å². The molecule has 116 valence electrons. The SMILES string of the molecule is CC1CCCCC1Oc1ccc(C(F)(F)F)cc1C(=N)N. The summed E-state index contributed by atoms with van der Waals surface area (Å²) in [5.74, 6) is 0.190. The molecule has 0 spiro atoms. The fraction of sp³-hybridized carbons (Fsp3) is 0.533. The lowest BCUT2D eigenvalue weighted by molar-refractivity contribution is -0.137. The van der Waals surface area contributed by atoms with Crippen LogP contribution in [0.15, 0.2) is 18.2 Å². The van der Waals surface area contributed by atoms with Crippen LogP contribution in [0, 0.1) is 11.3 Å². The Labute approximate surface area is 121 Å². The predicted octanol–water partition coefficient (Wildman–Crippen LogP) is 3.95. The molecule has 1 aromatic rings. The summed E-state index contributed by atoms with van der Waals surface area (Å²) in [6, 6.07) is 3.11. The van der Waals surface area contributed by atoms with Crippen molar-refractivity contribution < 1.29 is 17.9 Å². The van der Waals surface area contributed by atoms with E-state index in [1.54, 1.807) is 0 Å². The van der Waals surface area contributed by atoms with Crippen LogP contribution < -0.4 is 10.5 Å². The van der Waals surface area contributed by atoms with Crippen molar-refractivity contribution >= 4 is 5.84 Å². The minimum Gasteiger partial charge on any atom is -0.489 e. The summed E-state index contributed by atoms with van der Waals surface area (Å²) in [7, 11) is 0. The number of rotatable bonds is 3. The van der Waals surface area contributed by atoms with Gasteiger partial charge in [-0.3, -0.25) is 5.41 Å². The molecule has 1 saturated carbocycles. The summed E-state index contributed by atoms with van der Waals surface area (Å²) in [4.78, 5) is 0. The lowest BCUT2D eigenvalue weighted by Crippen LogP contribution is -2.29. The third kappa shape index (κ3) is 3.68. The summed E-state index contributed by atoms with van der Waals surface area (Å²) in [5.41, 5.74) is 4.58. The number of amidine groups is 1. The Morgan fingerprint density at radius 3 is 2.52 bits per heavy atom. The van der Waals surface area contributed by atoms with Gasteiger partial charge in [0.15, 0.2) is 0 Å². The molecule has 2 atom stereocenters. The van der Waals surface area contributed by atoms with E-state index in [4.69, 9.17) is 15.9 Å². The summed E-state index contributed by atoms with van der Waals surface area (Å²) >= 11 is 0. The fourth-order valence-electron chi connectivity index (χ4n) is 2.64. The zero-order valence-corrected chi connectivity index (χ0v) is 11.8. The molecular formula is C15H19F3N2O. The molecule has 2 unspecified atom stereocenters. The number of hydrogen-bond donors (Lipinski definition) is 2. The molecule has 2 rings (SSSR count). The van der Waals surface area contributed by atoms with E-state index in [2.05, 4.69) is 6.92 Å². The molecule has 1 aliphatic carbocycles. The predicted molar refractivity (Wildman–Crippen MR) is 74.5 cm³/mol. The molecule has 6 heteroatoms. The van der Waals surface area contributed by atoms with Gasteiger partial charge in [0.25, 0.3) is 0 Å². The molecule has 0 radical (unpaired) electrons. The van der Waals surface area contributed by atoms with Crippen LogP contribution in [0.5, 0.6) is 5.75 Å². The van der Waals surface area contributed by atoms with Crippen LogP contribution >= 0.6 is 0 Å². The van der Waals surface area contributed by atoms with Gasteiger partial charge in [-0.15, -0.1) is 0 Å². The number of nitrogens with two attached hydrogens (primary N) is 1. The Kier molecular flexibility index (Phi) is 4.44. The average Bonchev–Trinajstić information content (AvgIpc) is 2.40. The summed E-state index contributed by atoms with van der Waals surface area (Å²) < 4.78 is 44.0. The third-order valence-electron chi connectivity index (χ3n) is 3.91. The quantitative estimate of drug-likeness (QED) is 0.656. The van der Waals surface area contributed by atoms with Crippen molar-refractivity contribution in [3.63, 3.8) is 0 Å². The molecule has 1 aliphatic rings. The zero-order chi connectivity index (χ0) is 15.6. The maximum atomic E-state index is 12.7. The zero-order valence-electron chi connectivity index (χ0n) is 11.8. The van der Waals surface area contributed by atoms with E-state index < -0.39 is 17.6 Å². The Hall–Kier alpha value is -1.72. The smallest absolute Gasteiger partial charge is 0.416 e. The minimum atomic E-state index is -4.46. The van der Waals surface area contributed by atoms with E-state index >= 15 is 0 Å². The molecular weight excluding hydrogens is 281 g/mol. The number of benzene rings is 1. The van der Waals surface area contributed by atoms with Crippen molar-refractivity contribution in [3.8, 4) is 5.75 Å². The maximum absolute atomic E-state index is 12.7. The van der Waals surface area contributed by atoms with E-state index in [0.717, 1.165) is 37.8 Å². The second kappa shape index (κ2) is 5.95. The van der Waals surface area contributed by atoms with Gasteiger partial charge in [0.05, 0.1) is 11.1 Å². The molecule has 0 amide bonds. The molecule has 3 nitrogen and oxygen atoms in total. The highest BCUT2D eigenvalue weighted by molar-refractivity contribution is 5.97. The van der Waals surface area contributed by atoms with Crippen LogP contribution in [0.25, 0.3) is 0 Å². The highest BCUT2D eigenvalue weighted by Gasteiger charge is 2.32. The van der Waals surface area contributed by atoms with Gasteiger partial charge in [-0.25, -0.2) is 0 Å². The number of alkyl halides is 3. The van der Waals surface area contributed by atoms with Crippen molar-refractivity contribution in [3.05, 3.63) is 29.3 Å². The van der Waals surface area contributed by atoms with Gasteiger partial charge in [0.2, 0.25) is 0 Å². The van der Waals surface area contributed by atoms with Crippen molar-refractivity contribution in [2.75, 3.05) is 0 Å². The van der Waals surface area contributed by atoms with Gasteiger partial charge in [-0.1, -0.05) is 13.3 Å². The maximum Gasteiger partial charge on any atom is 0.416 e. The second-order valence-corrected chi connectivity index (χ2v) is 5.54. The summed E-state index contributed by atoms with van der Waals surface area (Å²) in [6.45, 7) is 2.07. The van der Waals surface area contributed by atoms with Gasteiger partial charge >= 0.3 is 6.18 Å². The van der Waals surface area contributed by atoms with Crippen molar-refractivity contribution in [1.29, 1.82) is 5.41 Å². The number of ether oxygens (including phenoxy) is 1. The van der Waals surface area contributed by atoms with Crippen LogP contribution in [0.2, 0.25) is 0 Å². The number of halogens is 3. The number of nitrogen functional groups attached to an aromatic ring is 1. The first-order chi connectivity index (χ1) is 9.79. The largest absolute Gasteiger partial charge is 0.489 e. The van der Waals surface area contributed by atoms with Gasteiger partial charge in [-0.2, -0.15) is 13.2 Å². The van der Waals surface area contributed by atoms with E-state index in [-0.39, 0.29) is 17.4 Å². The first-order valence-corrected chi connectivity index (χ1v) is 7.01. The molecule has 3 N–H and O–H groups in total. The fourth-order valence-corrected chi connectivity index (χ4v) is 2.64. The molecule has 0 aromatic heterocycles. The number of nitrogens with one attached hydrogen (secondary N) is 1. The Morgan fingerprint density at radius 1 is 1.29 bits per heavy atom. The van der Waals surface area contributed by atoms with Crippen LogP contribution in [0.4, 0.5) is 13.2 Å². The highest BCUT2D eigenvalue weighted by Crippen LogP contribution is 2.34. The minimum absolute atomic E-state index is 0.00241. The summed E-state index contributed by atoms with van der Waals surface area (Å²) in [5, 5.41) is 7.48. The van der Waals surface area contributed by atoms with Crippen LogP contribution in [-0.2, 0) is 6.18 Å². The van der Waals surface area contributed by atoms with E-state index in [0.29, 0.717) is 5.92 Å². The monoisotopic (exact) mass is 300 g/mol. The molecule has 1 aromatic carbocycles. The molecule has 0 aliphatic heterocycles. The third-order valence-corrected chi connectivity index (χ3v) is 3.91.